The predicted molar refractivity (Wildman–Crippen MR) is 71.5 cm³/mol. The average Bonchev–Trinajstić information content (AvgIpc) is 2.79. The summed E-state index contributed by atoms with van der Waals surface area (Å²) in [5.41, 5.74) is 0.0239. The molecule has 1 fully saturated rings. The summed E-state index contributed by atoms with van der Waals surface area (Å²) in [5, 5.41) is 5.58. The van der Waals surface area contributed by atoms with Crippen LogP contribution in [0, 0.1) is 5.82 Å². The van der Waals surface area contributed by atoms with E-state index < -0.39 is 5.82 Å². The van der Waals surface area contributed by atoms with Gasteiger partial charge in [-0.1, -0.05) is 12.1 Å². The van der Waals surface area contributed by atoms with E-state index in [1.807, 2.05) is 6.92 Å². The Kier molecular flexibility index (Phi) is 4.50. The van der Waals surface area contributed by atoms with E-state index in [1.54, 1.807) is 12.1 Å². The third kappa shape index (κ3) is 4.01. The van der Waals surface area contributed by atoms with Gasteiger partial charge in [-0.25, -0.2) is 4.39 Å². The second-order valence-electron chi connectivity index (χ2n) is 5.03. The van der Waals surface area contributed by atoms with Crippen molar-refractivity contribution in [1.82, 2.24) is 5.32 Å². The highest BCUT2D eigenvalue weighted by Crippen LogP contribution is 2.23. The number of halogens is 1. The van der Waals surface area contributed by atoms with Crippen LogP contribution in [0.25, 0.3) is 0 Å². The second kappa shape index (κ2) is 6.12. The molecule has 0 aromatic heterocycles. The van der Waals surface area contributed by atoms with E-state index in [4.69, 9.17) is 4.74 Å². The number of hydrogen-bond acceptors (Lipinski definition) is 3. The summed E-state index contributed by atoms with van der Waals surface area (Å²) >= 11 is 0. The van der Waals surface area contributed by atoms with Crippen LogP contribution < -0.4 is 10.6 Å². The molecule has 0 spiro atoms. The minimum Gasteiger partial charge on any atom is -0.374 e. The monoisotopic (exact) mass is 266 g/mol. The topological polar surface area (TPSA) is 50.4 Å². The van der Waals surface area contributed by atoms with E-state index in [2.05, 4.69) is 10.6 Å². The van der Waals surface area contributed by atoms with Crippen LogP contribution in [0.3, 0.4) is 0 Å². The Morgan fingerprint density at radius 3 is 2.95 bits per heavy atom. The number of rotatable bonds is 5. The lowest BCUT2D eigenvalue weighted by Gasteiger charge is -2.23. The summed E-state index contributed by atoms with van der Waals surface area (Å²) in [6.45, 7) is 3.58. The van der Waals surface area contributed by atoms with Gasteiger partial charge >= 0.3 is 0 Å². The average molecular weight is 266 g/mol. The van der Waals surface area contributed by atoms with Crippen LogP contribution in [0.5, 0.6) is 0 Å². The summed E-state index contributed by atoms with van der Waals surface area (Å²) in [5.74, 6) is -0.686. The number of hydrogen-bond donors (Lipinski definition) is 2. The Morgan fingerprint density at radius 2 is 2.26 bits per heavy atom. The highest BCUT2D eigenvalue weighted by Gasteiger charge is 2.29. The number of amides is 1. The van der Waals surface area contributed by atoms with Crippen molar-refractivity contribution >= 4 is 11.6 Å². The van der Waals surface area contributed by atoms with Gasteiger partial charge in [0.2, 0.25) is 5.91 Å². The van der Waals surface area contributed by atoms with Gasteiger partial charge in [-0.2, -0.15) is 0 Å². The normalized spacial score (nSPS) is 22.4. The lowest BCUT2D eigenvalue weighted by molar-refractivity contribution is -0.115. The lowest BCUT2D eigenvalue weighted by Crippen LogP contribution is -2.40. The Hall–Kier alpha value is -1.46. The van der Waals surface area contributed by atoms with Crippen molar-refractivity contribution in [3.05, 3.63) is 30.1 Å². The zero-order valence-corrected chi connectivity index (χ0v) is 11.0. The molecule has 2 N–H and O–H groups in total. The highest BCUT2D eigenvalue weighted by atomic mass is 19.1. The molecule has 19 heavy (non-hydrogen) atoms. The van der Waals surface area contributed by atoms with Crippen molar-refractivity contribution in [2.24, 2.45) is 0 Å². The van der Waals surface area contributed by atoms with Crippen LogP contribution in [0.4, 0.5) is 10.1 Å². The summed E-state index contributed by atoms with van der Waals surface area (Å²) in [6, 6.07) is 6.12. The summed E-state index contributed by atoms with van der Waals surface area (Å²) in [6.07, 6.45) is 2.05. The van der Waals surface area contributed by atoms with Gasteiger partial charge in [0, 0.05) is 13.2 Å². The summed E-state index contributed by atoms with van der Waals surface area (Å²) in [4.78, 5) is 11.7. The van der Waals surface area contributed by atoms with Gasteiger partial charge in [0.25, 0.3) is 0 Å². The van der Waals surface area contributed by atoms with E-state index in [0.717, 1.165) is 19.4 Å². The van der Waals surface area contributed by atoms with Gasteiger partial charge in [-0.3, -0.25) is 4.79 Å². The summed E-state index contributed by atoms with van der Waals surface area (Å²) < 4.78 is 18.9. The molecule has 0 aliphatic carbocycles. The van der Waals surface area contributed by atoms with Gasteiger partial charge in [-0.15, -0.1) is 0 Å². The van der Waals surface area contributed by atoms with E-state index in [-0.39, 0.29) is 23.7 Å². The number of para-hydroxylation sites is 1. The number of carbonyl (C=O) groups excluding carboxylic acids is 1. The van der Waals surface area contributed by atoms with Crippen LogP contribution in [0.1, 0.15) is 19.8 Å². The van der Waals surface area contributed by atoms with E-state index in [0.29, 0.717) is 6.54 Å². The maximum absolute atomic E-state index is 13.3. The molecule has 2 rings (SSSR count). The Balaban J connectivity index is 1.74. The van der Waals surface area contributed by atoms with Crippen molar-refractivity contribution in [3.63, 3.8) is 0 Å². The first-order valence-corrected chi connectivity index (χ1v) is 6.48. The molecule has 104 valence electrons. The maximum Gasteiger partial charge on any atom is 0.238 e. The molecule has 1 aliphatic rings. The zero-order chi connectivity index (χ0) is 13.7. The number of carbonyl (C=O) groups is 1. The molecule has 1 unspecified atom stereocenters. The van der Waals surface area contributed by atoms with E-state index in [9.17, 15) is 9.18 Å². The first-order valence-electron chi connectivity index (χ1n) is 6.48. The number of anilines is 1. The van der Waals surface area contributed by atoms with Gasteiger partial charge < -0.3 is 15.4 Å². The van der Waals surface area contributed by atoms with Crippen LogP contribution >= 0.6 is 0 Å². The third-order valence-corrected chi connectivity index (χ3v) is 3.23. The van der Waals surface area contributed by atoms with Crippen LogP contribution in [0.2, 0.25) is 0 Å². The molecule has 5 heteroatoms. The molecule has 0 radical (unpaired) electrons. The number of ether oxygens (including phenoxy) is 1. The SMILES string of the molecule is CC1(CNCC(=O)Nc2ccccc2F)CCCO1. The smallest absolute Gasteiger partial charge is 0.238 e. The van der Waals surface area contributed by atoms with E-state index >= 15 is 0 Å². The molecule has 1 amide bonds. The first kappa shape index (κ1) is 14.0. The fourth-order valence-electron chi connectivity index (χ4n) is 2.17. The molecule has 1 saturated heterocycles. The van der Waals surface area contributed by atoms with Gasteiger partial charge in [0.1, 0.15) is 5.82 Å². The van der Waals surface area contributed by atoms with Crippen LogP contribution in [-0.2, 0) is 9.53 Å². The lowest BCUT2D eigenvalue weighted by atomic mass is 10.0. The molecule has 0 saturated carbocycles. The van der Waals surface area contributed by atoms with Gasteiger partial charge in [0.15, 0.2) is 0 Å². The molecule has 0 bridgehead atoms. The molecule has 1 aromatic rings. The molecule has 1 aromatic carbocycles. The molecule has 1 atom stereocenters. The van der Waals surface area contributed by atoms with Crippen molar-refractivity contribution in [1.29, 1.82) is 0 Å². The fraction of sp³-hybridized carbons (Fsp3) is 0.500. The number of nitrogens with one attached hydrogen (secondary N) is 2. The first-order chi connectivity index (χ1) is 9.09. The fourth-order valence-corrected chi connectivity index (χ4v) is 2.17. The molecule has 1 heterocycles. The van der Waals surface area contributed by atoms with Crippen LogP contribution in [0.15, 0.2) is 24.3 Å². The van der Waals surface area contributed by atoms with E-state index in [1.165, 1.54) is 12.1 Å². The van der Waals surface area contributed by atoms with Crippen LogP contribution in [-0.4, -0.2) is 31.2 Å². The molecule has 1 aliphatic heterocycles. The van der Waals surface area contributed by atoms with Crippen molar-refractivity contribution < 1.29 is 13.9 Å². The maximum atomic E-state index is 13.3. The van der Waals surface area contributed by atoms with Crippen molar-refractivity contribution in [3.8, 4) is 0 Å². The molecular formula is C14H19FN2O2. The standard InChI is InChI=1S/C14H19FN2O2/c1-14(7-4-8-19-14)10-16-9-13(18)17-12-6-3-2-5-11(12)15/h2-3,5-6,16H,4,7-10H2,1H3,(H,17,18). The third-order valence-electron chi connectivity index (χ3n) is 3.23. The molecular weight excluding hydrogens is 247 g/mol. The largest absolute Gasteiger partial charge is 0.374 e. The quantitative estimate of drug-likeness (QED) is 0.856. The van der Waals surface area contributed by atoms with Crippen molar-refractivity contribution in [2.45, 2.75) is 25.4 Å². The zero-order valence-electron chi connectivity index (χ0n) is 11.0. The molecule has 4 nitrogen and oxygen atoms in total. The highest BCUT2D eigenvalue weighted by molar-refractivity contribution is 5.92. The minimum atomic E-state index is -0.429. The van der Waals surface area contributed by atoms with Gasteiger partial charge in [0.05, 0.1) is 17.8 Å². The van der Waals surface area contributed by atoms with Gasteiger partial charge in [-0.05, 0) is 31.9 Å². The minimum absolute atomic E-state index is 0.146. The number of benzene rings is 1. The van der Waals surface area contributed by atoms with Crippen molar-refractivity contribution in [2.75, 3.05) is 25.0 Å². The second-order valence-corrected chi connectivity index (χ2v) is 5.03. The Labute approximate surface area is 112 Å². The summed E-state index contributed by atoms with van der Waals surface area (Å²) in [7, 11) is 0. The Morgan fingerprint density at radius 1 is 1.47 bits per heavy atom. The predicted octanol–water partition coefficient (Wildman–Crippen LogP) is 1.92. The Bertz CT molecular complexity index is 445.